The highest BCUT2D eigenvalue weighted by molar-refractivity contribution is 5.98. The number of nitriles is 1. The van der Waals surface area contributed by atoms with Crippen LogP contribution in [0.2, 0.25) is 0 Å². The summed E-state index contributed by atoms with van der Waals surface area (Å²) in [6, 6.07) is 2.01. The molecule has 4 atom stereocenters. The highest BCUT2D eigenvalue weighted by atomic mass is 16.5. The molecule has 0 aromatic rings. The average molecular weight is 266 g/mol. The molecule has 0 aromatic carbocycles. The lowest BCUT2D eigenvalue weighted by Crippen LogP contribution is -2.49. The Morgan fingerprint density at radius 1 is 1.53 bits per heavy atom. The molecule has 0 bridgehead atoms. The van der Waals surface area contributed by atoms with E-state index in [1.165, 1.54) is 6.92 Å². The molecule has 4 unspecified atom stereocenters. The first-order valence-corrected chi connectivity index (χ1v) is 6.71. The predicted molar refractivity (Wildman–Crippen MR) is 70.1 cm³/mol. The van der Waals surface area contributed by atoms with Gasteiger partial charge in [-0.05, 0) is 45.7 Å². The number of carbonyl (C=O) groups excluding carboxylic acids is 2. The first-order chi connectivity index (χ1) is 8.93. The summed E-state index contributed by atoms with van der Waals surface area (Å²) in [7, 11) is 1.90. The van der Waals surface area contributed by atoms with Crippen molar-refractivity contribution in [1.29, 1.82) is 5.26 Å². The first-order valence-electron chi connectivity index (χ1n) is 6.71. The number of hydrogen-bond acceptors (Lipinski definition) is 5. The smallest absolute Gasteiger partial charge is 0.316 e. The second-order valence-corrected chi connectivity index (χ2v) is 5.21. The van der Waals surface area contributed by atoms with Gasteiger partial charge in [0.2, 0.25) is 0 Å². The summed E-state index contributed by atoms with van der Waals surface area (Å²) < 4.78 is 5.01. The van der Waals surface area contributed by atoms with Crippen molar-refractivity contribution < 1.29 is 14.3 Å². The van der Waals surface area contributed by atoms with Crippen LogP contribution in [0.1, 0.15) is 27.2 Å². The van der Waals surface area contributed by atoms with E-state index >= 15 is 0 Å². The Morgan fingerprint density at radius 2 is 2.16 bits per heavy atom. The monoisotopic (exact) mass is 266 g/mol. The number of likely N-dealkylation sites (tertiary alicyclic amines) is 1. The summed E-state index contributed by atoms with van der Waals surface area (Å²) in [5, 5.41) is 9.22. The van der Waals surface area contributed by atoms with Gasteiger partial charge in [0.05, 0.1) is 12.7 Å². The molecule has 106 valence electrons. The molecule has 1 fully saturated rings. The van der Waals surface area contributed by atoms with Crippen LogP contribution >= 0.6 is 0 Å². The van der Waals surface area contributed by atoms with Crippen LogP contribution in [0.25, 0.3) is 0 Å². The Balaban J connectivity index is 2.94. The van der Waals surface area contributed by atoms with Gasteiger partial charge >= 0.3 is 5.97 Å². The fourth-order valence-electron chi connectivity index (χ4n) is 2.95. The van der Waals surface area contributed by atoms with E-state index in [2.05, 4.69) is 6.07 Å². The zero-order valence-corrected chi connectivity index (χ0v) is 12.0. The molecule has 0 amide bonds. The van der Waals surface area contributed by atoms with Gasteiger partial charge in [-0.3, -0.25) is 14.5 Å². The van der Waals surface area contributed by atoms with E-state index in [1.54, 1.807) is 6.92 Å². The van der Waals surface area contributed by atoms with Crippen molar-refractivity contribution in [3.05, 3.63) is 0 Å². The zero-order chi connectivity index (χ0) is 14.6. The number of rotatable bonds is 4. The Bertz CT molecular complexity index is 389. The molecule has 0 saturated carbocycles. The highest BCUT2D eigenvalue weighted by Gasteiger charge is 2.43. The molecular formula is C14H22N2O3. The quantitative estimate of drug-likeness (QED) is 0.565. The molecule has 5 heteroatoms. The van der Waals surface area contributed by atoms with Gasteiger partial charge < -0.3 is 4.74 Å². The summed E-state index contributed by atoms with van der Waals surface area (Å²) in [5.41, 5.74) is 0. The minimum absolute atomic E-state index is 0.0259. The number of ketones is 1. The van der Waals surface area contributed by atoms with E-state index in [4.69, 9.17) is 4.74 Å². The Labute approximate surface area is 114 Å². The number of piperidine rings is 1. The average Bonchev–Trinajstić information content (AvgIpc) is 2.33. The number of carbonyl (C=O) groups is 2. The molecule has 0 spiro atoms. The summed E-state index contributed by atoms with van der Waals surface area (Å²) in [4.78, 5) is 25.7. The van der Waals surface area contributed by atoms with Crippen molar-refractivity contribution in [3.8, 4) is 6.07 Å². The molecule has 1 aliphatic rings. The second kappa shape index (κ2) is 6.67. The lowest BCUT2D eigenvalue weighted by molar-refractivity contribution is -0.155. The van der Waals surface area contributed by atoms with Crippen LogP contribution in [0.4, 0.5) is 0 Å². The van der Waals surface area contributed by atoms with Crippen LogP contribution in [0.15, 0.2) is 0 Å². The standard InChI is InChI=1S/C14H22N2O3/c1-5-19-14(18)13(10(3)17)11-6-7-16(4)12(8-15)9(11)2/h9,11-13H,5-7H2,1-4H3. The van der Waals surface area contributed by atoms with Gasteiger partial charge in [0.1, 0.15) is 17.7 Å². The number of hydrogen-bond donors (Lipinski definition) is 0. The maximum Gasteiger partial charge on any atom is 0.316 e. The van der Waals surface area contributed by atoms with E-state index in [1.807, 2.05) is 18.9 Å². The summed E-state index contributed by atoms with van der Waals surface area (Å²) in [6.07, 6.45) is 0.735. The fourth-order valence-corrected chi connectivity index (χ4v) is 2.95. The molecule has 1 aliphatic heterocycles. The van der Waals surface area contributed by atoms with Crippen molar-refractivity contribution >= 4 is 11.8 Å². The molecule has 1 rings (SSSR count). The minimum atomic E-state index is -0.737. The lowest BCUT2D eigenvalue weighted by atomic mass is 9.72. The van der Waals surface area contributed by atoms with Gasteiger partial charge in [0, 0.05) is 0 Å². The molecule has 1 saturated heterocycles. The zero-order valence-electron chi connectivity index (χ0n) is 12.0. The summed E-state index contributed by atoms with van der Waals surface area (Å²) >= 11 is 0. The van der Waals surface area contributed by atoms with Crippen LogP contribution in [0, 0.1) is 29.1 Å². The van der Waals surface area contributed by atoms with Crippen LogP contribution in [0.3, 0.4) is 0 Å². The van der Waals surface area contributed by atoms with Crippen molar-refractivity contribution in [2.45, 2.75) is 33.2 Å². The molecule has 0 aliphatic carbocycles. The topological polar surface area (TPSA) is 70.4 Å². The van der Waals surface area contributed by atoms with Crippen molar-refractivity contribution in [3.63, 3.8) is 0 Å². The second-order valence-electron chi connectivity index (χ2n) is 5.21. The van der Waals surface area contributed by atoms with E-state index < -0.39 is 11.9 Å². The summed E-state index contributed by atoms with van der Waals surface area (Å²) in [6.45, 7) is 6.07. The SMILES string of the molecule is CCOC(=O)C(C(C)=O)C1CCN(C)C(C#N)C1C. The molecule has 1 heterocycles. The fraction of sp³-hybridized carbons (Fsp3) is 0.786. The van der Waals surface area contributed by atoms with E-state index in [-0.39, 0.29) is 30.3 Å². The molecule has 0 aromatic heterocycles. The molecule has 5 nitrogen and oxygen atoms in total. The van der Waals surface area contributed by atoms with Gasteiger partial charge in [-0.15, -0.1) is 0 Å². The Hall–Kier alpha value is -1.41. The highest BCUT2D eigenvalue weighted by Crippen LogP contribution is 2.34. The summed E-state index contributed by atoms with van der Waals surface area (Å²) in [5.74, 6) is -1.50. The Morgan fingerprint density at radius 3 is 2.63 bits per heavy atom. The molecule has 19 heavy (non-hydrogen) atoms. The third-order valence-electron chi connectivity index (χ3n) is 4.00. The largest absolute Gasteiger partial charge is 0.465 e. The van der Waals surface area contributed by atoms with E-state index in [0.29, 0.717) is 0 Å². The molecule has 0 radical (unpaired) electrons. The number of nitrogens with zero attached hydrogens (tertiary/aromatic N) is 2. The molecule has 0 N–H and O–H groups in total. The number of esters is 1. The van der Waals surface area contributed by atoms with Crippen molar-refractivity contribution in [2.75, 3.05) is 20.2 Å². The Kier molecular flexibility index (Phi) is 5.49. The first kappa shape index (κ1) is 15.6. The van der Waals surface area contributed by atoms with Gasteiger partial charge in [0.15, 0.2) is 0 Å². The van der Waals surface area contributed by atoms with Gasteiger partial charge in [-0.2, -0.15) is 5.26 Å². The van der Waals surface area contributed by atoms with Crippen LogP contribution in [0.5, 0.6) is 0 Å². The van der Waals surface area contributed by atoms with Crippen LogP contribution in [-0.2, 0) is 14.3 Å². The maximum absolute atomic E-state index is 12.0. The van der Waals surface area contributed by atoms with Crippen LogP contribution in [-0.4, -0.2) is 42.9 Å². The number of ether oxygens (including phenoxy) is 1. The van der Waals surface area contributed by atoms with Gasteiger partial charge in [-0.25, -0.2) is 0 Å². The third kappa shape index (κ3) is 3.32. The maximum atomic E-state index is 12.0. The van der Waals surface area contributed by atoms with Crippen LogP contribution < -0.4 is 0 Å². The molecular weight excluding hydrogens is 244 g/mol. The predicted octanol–water partition coefficient (Wildman–Crippen LogP) is 1.23. The van der Waals surface area contributed by atoms with Crippen molar-refractivity contribution in [2.24, 2.45) is 17.8 Å². The van der Waals surface area contributed by atoms with Gasteiger partial charge in [0.25, 0.3) is 0 Å². The minimum Gasteiger partial charge on any atom is -0.465 e. The van der Waals surface area contributed by atoms with Gasteiger partial charge in [-0.1, -0.05) is 6.92 Å². The normalized spacial score (nSPS) is 29.3. The lowest BCUT2D eigenvalue weighted by Gasteiger charge is -2.40. The third-order valence-corrected chi connectivity index (χ3v) is 4.00. The van der Waals surface area contributed by atoms with E-state index in [0.717, 1.165) is 13.0 Å². The van der Waals surface area contributed by atoms with Crippen molar-refractivity contribution in [1.82, 2.24) is 4.90 Å². The van der Waals surface area contributed by atoms with E-state index in [9.17, 15) is 14.9 Å². The number of Topliss-reactive ketones (excluding diaryl/α,β-unsaturated/α-hetero) is 1.